The summed E-state index contributed by atoms with van der Waals surface area (Å²) in [5.41, 5.74) is 3.02. The Bertz CT molecular complexity index is 1140. The maximum Gasteiger partial charge on any atom is 0.270 e. The smallest absolute Gasteiger partial charge is 0.270 e. The van der Waals surface area contributed by atoms with E-state index >= 15 is 0 Å². The molecule has 1 aliphatic rings. The van der Waals surface area contributed by atoms with E-state index in [1.165, 1.54) is 12.4 Å². The minimum atomic E-state index is -2.90. The average molecular weight is 456 g/mol. The van der Waals surface area contributed by atoms with Crippen molar-refractivity contribution >= 4 is 16.9 Å². The summed E-state index contributed by atoms with van der Waals surface area (Å²) < 4.78 is 33.7. The minimum absolute atomic E-state index is 0.0390. The Balaban J connectivity index is 1.71. The highest BCUT2D eigenvalue weighted by Crippen LogP contribution is 2.37. The number of methoxy groups -OCH3 is 1. The third-order valence-corrected chi connectivity index (χ3v) is 6.64. The second-order valence-electron chi connectivity index (χ2n) is 9.03. The van der Waals surface area contributed by atoms with E-state index in [-0.39, 0.29) is 11.6 Å². The number of anilines is 1. The maximum atomic E-state index is 14.0. The number of alkyl halides is 2. The average Bonchev–Trinajstić information content (AvgIpc) is 2.78. The molecule has 1 saturated heterocycles. The topological polar surface area (TPSA) is 63.2 Å². The van der Waals surface area contributed by atoms with Crippen LogP contribution in [0.1, 0.15) is 60.9 Å². The number of rotatable bonds is 6. The molecule has 8 heteroatoms. The van der Waals surface area contributed by atoms with Gasteiger partial charge in [0.15, 0.2) is 5.65 Å². The third kappa shape index (κ3) is 4.76. The first-order valence-corrected chi connectivity index (χ1v) is 11.3. The van der Waals surface area contributed by atoms with Crippen molar-refractivity contribution < 1.29 is 13.5 Å². The molecule has 0 amide bonds. The number of ether oxygens (including phenoxy) is 1. The molecular formula is C25H31F2N5O. The first-order valence-electron chi connectivity index (χ1n) is 11.3. The van der Waals surface area contributed by atoms with Gasteiger partial charge in [-0.25, -0.2) is 18.7 Å². The molecule has 0 bridgehead atoms. The van der Waals surface area contributed by atoms with Crippen molar-refractivity contribution in [2.24, 2.45) is 0 Å². The van der Waals surface area contributed by atoms with E-state index in [0.29, 0.717) is 28.8 Å². The van der Waals surface area contributed by atoms with Gasteiger partial charge in [-0.1, -0.05) is 18.2 Å². The summed E-state index contributed by atoms with van der Waals surface area (Å²) in [6.07, 6.45) is 3.52. The Kier molecular flexibility index (Phi) is 6.47. The summed E-state index contributed by atoms with van der Waals surface area (Å²) in [6.45, 7) is 6.67. The van der Waals surface area contributed by atoms with Crippen molar-refractivity contribution in [1.82, 2.24) is 19.9 Å². The van der Waals surface area contributed by atoms with Crippen LogP contribution in [0.4, 0.5) is 14.6 Å². The Morgan fingerprint density at radius 1 is 1.21 bits per heavy atom. The molecular weight excluding hydrogens is 424 g/mol. The van der Waals surface area contributed by atoms with Gasteiger partial charge in [-0.05, 0) is 69.9 Å². The summed E-state index contributed by atoms with van der Waals surface area (Å²) in [4.78, 5) is 15.8. The van der Waals surface area contributed by atoms with E-state index in [9.17, 15) is 8.78 Å². The SMILES string of the molecule is COc1nc2ncnc(N[C@H](C)c3cccc(C(C)(F)F)c3C)c2cc1C1CCN(C)CC1. The van der Waals surface area contributed by atoms with Crippen LogP contribution in [0.15, 0.2) is 30.6 Å². The number of nitrogens with one attached hydrogen (secondary N) is 1. The number of fused-ring (bicyclic) bond motifs is 1. The van der Waals surface area contributed by atoms with Crippen molar-refractivity contribution in [2.45, 2.75) is 51.5 Å². The van der Waals surface area contributed by atoms with Crippen LogP contribution in [0.2, 0.25) is 0 Å². The first kappa shape index (κ1) is 23.3. The third-order valence-electron chi connectivity index (χ3n) is 6.64. The summed E-state index contributed by atoms with van der Waals surface area (Å²) in [7, 11) is 3.77. The monoisotopic (exact) mass is 455 g/mol. The minimum Gasteiger partial charge on any atom is -0.481 e. The summed E-state index contributed by atoms with van der Waals surface area (Å²) in [5, 5.41) is 4.21. The highest BCUT2D eigenvalue weighted by atomic mass is 19.3. The van der Waals surface area contributed by atoms with Crippen molar-refractivity contribution in [1.29, 1.82) is 0 Å². The zero-order chi connectivity index (χ0) is 23.8. The molecule has 0 aliphatic carbocycles. The summed E-state index contributed by atoms with van der Waals surface area (Å²) in [5.74, 6) is -1.32. The molecule has 1 N–H and O–H groups in total. The lowest BCUT2D eigenvalue weighted by molar-refractivity contribution is 0.0167. The van der Waals surface area contributed by atoms with Gasteiger partial charge < -0.3 is 15.0 Å². The van der Waals surface area contributed by atoms with Crippen LogP contribution in [-0.4, -0.2) is 47.1 Å². The molecule has 0 radical (unpaired) electrons. The molecule has 6 nitrogen and oxygen atoms in total. The van der Waals surface area contributed by atoms with E-state index in [0.717, 1.165) is 49.4 Å². The highest BCUT2D eigenvalue weighted by molar-refractivity contribution is 5.87. The number of hydrogen-bond donors (Lipinski definition) is 1. The number of hydrogen-bond acceptors (Lipinski definition) is 6. The van der Waals surface area contributed by atoms with Gasteiger partial charge in [0.05, 0.1) is 18.5 Å². The maximum absolute atomic E-state index is 14.0. The van der Waals surface area contributed by atoms with Crippen LogP contribution < -0.4 is 10.1 Å². The number of piperidine rings is 1. The molecule has 3 aromatic rings. The molecule has 2 aromatic heterocycles. The molecule has 0 unspecified atom stereocenters. The number of halogens is 2. The van der Waals surface area contributed by atoms with Crippen LogP contribution in [0.25, 0.3) is 11.0 Å². The first-order chi connectivity index (χ1) is 15.7. The van der Waals surface area contributed by atoms with E-state index in [2.05, 4.69) is 38.3 Å². The summed E-state index contributed by atoms with van der Waals surface area (Å²) >= 11 is 0. The van der Waals surface area contributed by atoms with Crippen LogP contribution >= 0.6 is 0 Å². The van der Waals surface area contributed by atoms with Crippen molar-refractivity contribution in [3.8, 4) is 5.88 Å². The van der Waals surface area contributed by atoms with Crippen molar-refractivity contribution in [3.63, 3.8) is 0 Å². The molecule has 176 valence electrons. The van der Waals surface area contributed by atoms with Crippen molar-refractivity contribution in [3.05, 3.63) is 52.8 Å². The zero-order valence-corrected chi connectivity index (χ0v) is 19.8. The molecule has 1 aliphatic heterocycles. The predicted molar refractivity (Wildman–Crippen MR) is 126 cm³/mol. The highest BCUT2D eigenvalue weighted by Gasteiger charge is 2.28. The molecule has 4 rings (SSSR count). The largest absolute Gasteiger partial charge is 0.481 e. The van der Waals surface area contributed by atoms with Gasteiger partial charge in [0, 0.05) is 18.1 Å². The van der Waals surface area contributed by atoms with Crippen LogP contribution in [0.3, 0.4) is 0 Å². The molecule has 0 saturated carbocycles. The molecule has 0 spiro atoms. The van der Waals surface area contributed by atoms with Gasteiger partial charge in [0.25, 0.3) is 5.92 Å². The van der Waals surface area contributed by atoms with Crippen LogP contribution in [-0.2, 0) is 5.92 Å². The lowest BCUT2D eigenvalue weighted by Gasteiger charge is -2.29. The number of pyridine rings is 1. The molecule has 33 heavy (non-hydrogen) atoms. The van der Waals surface area contributed by atoms with Gasteiger partial charge in [-0.3, -0.25) is 0 Å². The number of nitrogens with zero attached hydrogens (tertiary/aromatic N) is 4. The van der Waals surface area contributed by atoms with Gasteiger partial charge in [0.2, 0.25) is 5.88 Å². The number of likely N-dealkylation sites (tertiary alicyclic amines) is 1. The molecule has 1 aromatic carbocycles. The zero-order valence-electron chi connectivity index (χ0n) is 19.8. The van der Waals surface area contributed by atoms with E-state index < -0.39 is 5.92 Å². The van der Waals surface area contributed by atoms with E-state index in [1.54, 1.807) is 20.1 Å². The Hall–Kier alpha value is -2.87. The Labute approximate surface area is 193 Å². The second-order valence-corrected chi connectivity index (χ2v) is 9.03. The number of benzene rings is 1. The fraction of sp³-hybridized carbons (Fsp3) is 0.480. The van der Waals surface area contributed by atoms with Gasteiger partial charge in [0.1, 0.15) is 12.1 Å². The van der Waals surface area contributed by atoms with E-state index in [4.69, 9.17) is 4.74 Å². The quantitative estimate of drug-likeness (QED) is 0.534. The second kappa shape index (κ2) is 9.17. The Morgan fingerprint density at radius 3 is 2.61 bits per heavy atom. The predicted octanol–water partition coefficient (Wildman–Crippen LogP) is 5.44. The molecule has 1 atom stereocenters. The van der Waals surface area contributed by atoms with Gasteiger partial charge in [-0.2, -0.15) is 4.98 Å². The summed E-state index contributed by atoms with van der Waals surface area (Å²) in [6, 6.07) is 6.87. The van der Waals surface area contributed by atoms with Crippen LogP contribution in [0.5, 0.6) is 5.88 Å². The van der Waals surface area contributed by atoms with Crippen LogP contribution in [0, 0.1) is 6.92 Å². The normalized spacial score (nSPS) is 16.7. The molecule has 3 heterocycles. The fourth-order valence-corrected chi connectivity index (χ4v) is 4.76. The lowest BCUT2D eigenvalue weighted by Crippen LogP contribution is -2.29. The lowest BCUT2D eigenvalue weighted by atomic mass is 9.89. The van der Waals surface area contributed by atoms with Gasteiger partial charge in [-0.15, -0.1) is 0 Å². The van der Waals surface area contributed by atoms with Crippen molar-refractivity contribution in [2.75, 3.05) is 32.6 Å². The Morgan fingerprint density at radius 2 is 1.94 bits per heavy atom. The number of aromatic nitrogens is 3. The van der Waals surface area contributed by atoms with E-state index in [1.807, 2.05) is 13.0 Å². The molecule has 1 fully saturated rings. The van der Waals surface area contributed by atoms with Gasteiger partial charge >= 0.3 is 0 Å². The standard InChI is InChI=1S/C25H31F2N5O/c1-15-18(7-6-8-21(15)25(3,26)27)16(2)30-22-20-13-19(17-9-11-32(4)12-10-17)24(33-5)31-23(20)29-14-28-22/h6-8,13-14,16-17H,9-12H2,1-5H3,(H,28,29,30,31)/t16-/m1/s1. The fourth-order valence-electron chi connectivity index (χ4n) is 4.76.